The molecule has 5 rings (SSSR count). The fourth-order valence-corrected chi connectivity index (χ4v) is 3.83. The summed E-state index contributed by atoms with van der Waals surface area (Å²) in [6.45, 7) is 0.705. The van der Waals surface area contributed by atoms with Crippen molar-refractivity contribution < 1.29 is 45.5 Å². The molecule has 2 aliphatic rings. The van der Waals surface area contributed by atoms with Crippen LogP contribution in [0.15, 0.2) is 58.3 Å². The average molecular weight is 514 g/mol. The smallest absolute Gasteiger partial charge is 0.475 e. The first-order chi connectivity index (χ1) is 16.9. The van der Waals surface area contributed by atoms with Gasteiger partial charge in [0.05, 0.1) is 18.0 Å². The fraction of sp³-hybridized carbons (Fsp3) is 0.227. The van der Waals surface area contributed by atoms with E-state index < -0.39 is 29.8 Å². The largest absolute Gasteiger partial charge is 0.490 e. The summed E-state index contributed by atoms with van der Waals surface area (Å²) in [5.41, 5.74) is 1.64. The molecule has 0 bridgehead atoms. The molecular weight excluding hydrogens is 498 g/mol. The number of H-pyrrole nitrogens is 1. The maximum Gasteiger partial charge on any atom is 0.490 e. The zero-order chi connectivity index (χ0) is 26.3. The Hall–Kier alpha value is -4.07. The van der Waals surface area contributed by atoms with Gasteiger partial charge in [-0.25, -0.2) is 4.79 Å². The van der Waals surface area contributed by atoms with Crippen LogP contribution in [0, 0.1) is 0 Å². The Balaban J connectivity index is 0.000000384. The quantitative estimate of drug-likeness (QED) is 0.377. The second-order valence-electron chi connectivity index (χ2n) is 7.75. The molecule has 1 atom stereocenters. The summed E-state index contributed by atoms with van der Waals surface area (Å²) in [7, 11) is 0. The number of hydrogen-bond acceptors (Lipinski definition) is 6. The van der Waals surface area contributed by atoms with Gasteiger partial charge in [-0.3, -0.25) is 9.89 Å². The number of fused-ring (bicyclic) bond motifs is 1. The van der Waals surface area contributed by atoms with Crippen molar-refractivity contribution in [3.63, 3.8) is 0 Å². The van der Waals surface area contributed by atoms with Crippen molar-refractivity contribution in [3.05, 3.63) is 70.8 Å². The number of carbonyl (C=O) groups is 2. The van der Waals surface area contributed by atoms with Crippen LogP contribution in [0.4, 0.5) is 32.2 Å². The number of benzene rings is 1. The number of Topliss-reactive ketones (excluding diaryl/α,β-unsaturated/α-hetero) is 1. The van der Waals surface area contributed by atoms with Gasteiger partial charge in [0.2, 0.25) is 0 Å². The summed E-state index contributed by atoms with van der Waals surface area (Å²) in [6, 6.07) is 8.29. The number of aromatic amines is 1. The number of furan rings is 1. The number of alkyl halides is 6. The lowest BCUT2D eigenvalue weighted by Crippen LogP contribution is -2.39. The topological polar surface area (TPSA) is 120 Å². The highest BCUT2D eigenvalue weighted by Crippen LogP contribution is 2.43. The molecule has 2 aliphatic heterocycles. The van der Waals surface area contributed by atoms with Crippen LogP contribution in [0.5, 0.6) is 0 Å². The highest BCUT2D eigenvalue weighted by Gasteiger charge is 2.39. The Morgan fingerprint density at radius 3 is 2.47 bits per heavy atom. The highest BCUT2D eigenvalue weighted by molar-refractivity contribution is 6.02. The second-order valence-corrected chi connectivity index (χ2v) is 7.75. The Morgan fingerprint density at radius 1 is 1.08 bits per heavy atom. The number of carboxylic acids is 1. The van der Waals surface area contributed by atoms with Crippen LogP contribution in [-0.2, 0) is 15.8 Å². The van der Waals surface area contributed by atoms with Gasteiger partial charge in [0.15, 0.2) is 11.6 Å². The number of carboxylic acid groups (broad SMARTS) is 1. The summed E-state index contributed by atoms with van der Waals surface area (Å²) in [6.07, 6.45) is -7.83. The number of rotatable bonds is 2. The predicted octanol–water partition coefficient (Wildman–Crippen LogP) is 4.31. The van der Waals surface area contributed by atoms with Crippen molar-refractivity contribution in [1.82, 2.24) is 15.5 Å². The van der Waals surface area contributed by atoms with E-state index in [4.69, 9.17) is 14.3 Å². The summed E-state index contributed by atoms with van der Waals surface area (Å²) < 4.78 is 76.8. The van der Waals surface area contributed by atoms with Gasteiger partial charge in [0.1, 0.15) is 11.5 Å². The molecule has 0 radical (unpaired) electrons. The highest BCUT2D eigenvalue weighted by atomic mass is 19.4. The molecule has 3 aromatic rings. The first-order valence-electron chi connectivity index (χ1n) is 10.2. The molecule has 0 saturated carbocycles. The van der Waals surface area contributed by atoms with Crippen LogP contribution in [-0.4, -0.2) is 46.3 Å². The van der Waals surface area contributed by atoms with Crippen LogP contribution in [0.1, 0.15) is 22.8 Å². The van der Waals surface area contributed by atoms with Crippen LogP contribution >= 0.6 is 0 Å². The van der Waals surface area contributed by atoms with Gasteiger partial charge in [0, 0.05) is 35.1 Å². The number of aliphatic carboxylic acids is 1. The number of aromatic nitrogens is 2. The Bertz CT molecular complexity index is 1340. The molecule has 2 aromatic heterocycles. The average Bonchev–Trinajstić information content (AvgIpc) is 3.47. The number of halogens is 6. The molecule has 0 saturated heterocycles. The first kappa shape index (κ1) is 25.0. The monoisotopic (exact) mass is 514 g/mol. The van der Waals surface area contributed by atoms with Gasteiger partial charge in [-0.15, -0.1) is 0 Å². The summed E-state index contributed by atoms with van der Waals surface area (Å²) in [5.74, 6) is -1.92. The SMILES string of the molecule is O=C(O)C(F)(F)F.O=C1CNCC2=C1C(c1ccc(-c3cccc(C(F)(F)F)c3)o1)c1c[nH]nc1N2. The Kier molecular flexibility index (Phi) is 6.39. The van der Waals surface area contributed by atoms with Crippen LogP contribution in [0.3, 0.4) is 0 Å². The minimum atomic E-state index is -5.08. The summed E-state index contributed by atoms with van der Waals surface area (Å²) >= 11 is 0. The van der Waals surface area contributed by atoms with Gasteiger partial charge in [-0.1, -0.05) is 12.1 Å². The normalized spacial score (nSPS) is 17.5. The van der Waals surface area contributed by atoms with E-state index in [0.717, 1.165) is 23.4 Å². The van der Waals surface area contributed by atoms with Gasteiger partial charge in [-0.05, 0) is 24.3 Å². The van der Waals surface area contributed by atoms with Crippen LogP contribution in [0.2, 0.25) is 0 Å². The second kappa shape index (κ2) is 9.18. The van der Waals surface area contributed by atoms with Crippen LogP contribution in [0.25, 0.3) is 11.3 Å². The lowest BCUT2D eigenvalue weighted by Gasteiger charge is -2.30. The molecule has 1 unspecified atom stereocenters. The third kappa shape index (κ3) is 4.98. The minimum Gasteiger partial charge on any atom is -0.475 e. The van der Waals surface area contributed by atoms with Crippen molar-refractivity contribution in [2.75, 3.05) is 18.4 Å². The predicted molar refractivity (Wildman–Crippen MR) is 112 cm³/mol. The van der Waals surface area contributed by atoms with Crippen molar-refractivity contribution >= 4 is 17.6 Å². The molecule has 8 nitrogen and oxygen atoms in total. The Morgan fingerprint density at radius 2 is 1.81 bits per heavy atom. The zero-order valence-electron chi connectivity index (χ0n) is 17.9. The number of anilines is 1. The van der Waals surface area contributed by atoms with E-state index in [-0.39, 0.29) is 12.3 Å². The lowest BCUT2D eigenvalue weighted by atomic mass is 9.82. The van der Waals surface area contributed by atoms with Gasteiger partial charge in [-0.2, -0.15) is 31.4 Å². The van der Waals surface area contributed by atoms with E-state index in [2.05, 4.69) is 20.8 Å². The maximum atomic E-state index is 13.0. The van der Waals surface area contributed by atoms with Gasteiger partial charge >= 0.3 is 18.3 Å². The van der Waals surface area contributed by atoms with Crippen molar-refractivity contribution in [2.24, 2.45) is 0 Å². The van der Waals surface area contributed by atoms with Crippen molar-refractivity contribution in [2.45, 2.75) is 18.3 Å². The number of nitrogens with zero attached hydrogens (tertiary/aromatic N) is 1. The molecule has 0 aliphatic carbocycles. The first-order valence-corrected chi connectivity index (χ1v) is 10.2. The third-order valence-electron chi connectivity index (χ3n) is 5.38. The molecule has 0 amide bonds. The molecule has 4 heterocycles. The van der Waals surface area contributed by atoms with E-state index >= 15 is 0 Å². The standard InChI is InChI=1S/C20H15F3N4O2.C2HF3O2/c21-20(22,23)11-3-1-2-10(6-11)15-4-5-16(29-15)17-12-7-25-27-19(12)26-13-8-24-9-14(28)18(13)17;3-2(4,5)1(6)7/h1-7,17,24H,8-9H2,(H2,25,26,27);(H,6,7). The van der Waals surface area contributed by atoms with E-state index in [1.54, 1.807) is 24.4 Å². The number of ketones is 1. The number of nitrogens with one attached hydrogen (secondary N) is 3. The minimum absolute atomic E-state index is 0.0624. The summed E-state index contributed by atoms with van der Waals surface area (Å²) in [4.78, 5) is 21.5. The van der Waals surface area contributed by atoms with E-state index in [0.29, 0.717) is 35.0 Å². The Labute approximate surface area is 198 Å². The van der Waals surface area contributed by atoms with Crippen molar-refractivity contribution in [3.8, 4) is 11.3 Å². The van der Waals surface area contributed by atoms with Gasteiger partial charge < -0.3 is 20.2 Å². The number of hydrogen-bond donors (Lipinski definition) is 4. The molecule has 36 heavy (non-hydrogen) atoms. The van der Waals surface area contributed by atoms with E-state index in [1.165, 1.54) is 6.07 Å². The summed E-state index contributed by atoms with van der Waals surface area (Å²) in [5, 5.41) is 20.3. The molecular formula is C22H16F6N4O4. The zero-order valence-corrected chi connectivity index (χ0v) is 17.9. The third-order valence-corrected chi connectivity index (χ3v) is 5.38. The molecule has 190 valence electrons. The maximum absolute atomic E-state index is 13.0. The van der Waals surface area contributed by atoms with E-state index in [1.807, 2.05) is 0 Å². The van der Waals surface area contributed by atoms with Crippen molar-refractivity contribution in [1.29, 1.82) is 0 Å². The molecule has 1 aromatic carbocycles. The fourth-order valence-electron chi connectivity index (χ4n) is 3.83. The molecule has 14 heteroatoms. The molecule has 0 spiro atoms. The molecule has 4 N–H and O–H groups in total. The molecule has 0 fully saturated rings. The lowest BCUT2D eigenvalue weighted by molar-refractivity contribution is -0.192. The van der Waals surface area contributed by atoms with E-state index in [9.17, 15) is 31.1 Å². The number of carbonyl (C=O) groups excluding carboxylic acids is 1. The van der Waals surface area contributed by atoms with Gasteiger partial charge in [0.25, 0.3) is 0 Å². The van der Waals surface area contributed by atoms with Crippen LogP contribution < -0.4 is 10.6 Å².